The average Bonchev–Trinajstić information content (AvgIpc) is 2.28. The van der Waals surface area contributed by atoms with Crippen molar-refractivity contribution >= 4 is 12.1 Å². The van der Waals surface area contributed by atoms with Crippen molar-refractivity contribution in [2.24, 2.45) is 4.99 Å². The molecule has 1 N–H and O–H groups in total. The first-order chi connectivity index (χ1) is 6.10. The minimum Gasteiger partial charge on any atom is -0.312 e. The summed E-state index contributed by atoms with van der Waals surface area (Å²) in [5.74, 6) is -1.53. The third kappa shape index (κ3) is 1.32. The molecule has 0 radical (unpaired) electrons. The first-order valence-corrected chi connectivity index (χ1v) is 3.11. The van der Waals surface area contributed by atoms with Gasteiger partial charge in [0.2, 0.25) is 0 Å². The topological polar surface area (TPSA) is 41.5 Å². The molecule has 1 heterocycles. The molecule has 0 aliphatic carbocycles. The van der Waals surface area contributed by atoms with Crippen LogP contribution in [0.25, 0.3) is 0 Å². The highest BCUT2D eigenvalue weighted by molar-refractivity contribution is 6.28. The molecule has 0 fully saturated rings. The van der Waals surface area contributed by atoms with Crippen LogP contribution in [0.3, 0.4) is 0 Å². The van der Waals surface area contributed by atoms with Crippen LogP contribution in [-0.2, 0) is 4.79 Å². The van der Waals surface area contributed by atoms with Gasteiger partial charge in [-0.3, -0.25) is 4.79 Å². The second-order valence-corrected chi connectivity index (χ2v) is 2.45. The molecule has 14 heavy (non-hydrogen) atoms. The Bertz CT molecular complexity index is 276. The summed E-state index contributed by atoms with van der Waals surface area (Å²) >= 11 is 0. The third-order valence-electron chi connectivity index (χ3n) is 1.50. The van der Waals surface area contributed by atoms with Gasteiger partial charge in [-0.1, -0.05) is 0 Å². The van der Waals surface area contributed by atoms with Gasteiger partial charge in [0.25, 0.3) is 5.91 Å². The fraction of sp³-hybridized carbons (Fsp3) is 0.600. The Morgan fingerprint density at radius 3 is 1.71 bits per heavy atom. The molecule has 0 saturated carbocycles. The van der Waals surface area contributed by atoms with Gasteiger partial charge in [0.05, 0.1) is 6.21 Å². The van der Waals surface area contributed by atoms with Crippen LogP contribution in [0.4, 0.5) is 26.3 Å². The summed E-state index contributed by atoms with van der Waals surface area (Å²) in [6.07, 6.45) is -11.5. The van der Waals surface area contributed by atoms with E-state index in [-0.39, 0.29) is 6.21 Å². The van der Waals surface area contributed by atoms with Crippen molar-refractivity contribution < 1.29 is 31.1 Å². The molecule has 0 aromatic rings. The van der Waals surface area contributed by atoms with Gasteiger partial charge in [0.15, 0.2) is 0 Å². The number of hydrogen-bond donors (Lipinski definition) is 1. The second kappa shape index (κ2) is 2.61. The molecule has 80 valence electrons. The number of carbonyl (C=O) groups excluding carboxylic acids is 1. The molecule has 0 atom stereocenters. The van der Waals surface area contributed by atoms with Gasteiger partial charge in [-0.25, -0.2) is 4.99 Å². The van der Waals surface area contributed by atoms with Gasteiger partial charge in [0.1, 0.15) is 0 Å². The van der Waals surface area contributed by atoms with Crippen LogP contribution in [0.1, 0.15) is 0 Å². The number of amides is 1. The molecular formula is C5H2F6N2O. The molecule has 0 saturated heterocycles. The zero-order valence-corrected chi connectivity index (χ0v) is 6.20. The van der Waals surface area contributed by atoms with E-state index in [1.165, 1.54) is 0 Å². The van der Waals surface area contributed by atoms with E-state index in [1.807, 2.05) is 0 Å². The van der Waals surface area contributed by atoms with E-state index in [0.29, 0.717) is 0 Å². The standard InChI is InChI=1S/C5H2F6N2O/c6-4(7,8)3(5(9,10)11)12-1-2(14)13-3/h1H,(H,13,14). The number of nitrogens with one attached hydrogen (secondary N) is 1. The third-order valence-corrected chi connectivity index (χ3v) is 1.50. The SMILES string of the molecule is O=C1C=NC(C(F)(F)F)(C(F)(F)F)N1. The molecule has 0 aromatic heterocycles. The molecule has 0 spiro atoms. The van der Waals surface area contributed by atoms with Crippen LogP contribution in [-0.4, -0.2) is 30.1 Å². The van der Waals surface area contributed by atoms with Crippen LogP contribution in [0, 0.1) is 0 Å². The van der Waals surface area contributed by atoms with Crippen LogP contribution < -0.4 is 5.32 Å². The Balaban J connectivity index is 3.20. The summed E-state index contributed by atoms with van der Waals surface area (Å²) in [6, 6.07) is 0. The predicted molar refractivity (Wildman–Crippen MR) is 31.5 cm³/mol. The zero-order valence-electron chi connectivity index (χ0n) is 6.20. The summed E-state index contributed by atoms with van der Waals surface area (Å²) in [4.78, 5) is 12.4. The monoisotopic (exact) mass is 220 g/mol. The van der Waals surface area contributed by atoms with Crippen molar-refractivity contribution in [1.82, 2.24) is 5.32 Å². The Labute approximate surface area is 72.8 Å². The van der Waals surface area contributed by atoms with E-state index in [1.54, 1.807) is 0 Å². The lowest BCUT2D eigenvalue weighted by atomic mass is 10.1. The normalized spacial score (nSPS) is 21.1. The van der Waals surface area contributed by atoms with Gasteiger partial charge in [-0.15, -0.1) is 0 Å². The van der Waals surface area contributed by atoms with E-state index in [0.717, 1.165) is 5.32 Å². The molecule has 1 amide bonds. The van der Waals surface area contributed by atoms with Crippen molar-refractivity contribution in [3.63, 3.8) is 0 Å². The summed E-state index contributed by atoms with van der Waals surface area (Å²) in [5, 5.41) is 0.736. The minimum absolute atomic E-state index is 0.0407. The molecule has 1 aliphatic heterocycles. The number of hydrogen-bond acceptors (Lipinski definition) is 2. The summed E-state index contributed by atoms with van der Waals surface area (Å²) in [6.45, 7) is 0. The highest BCUT2D eigenvalue weighted by Crippen LogP contribution is 2.44. The van der Waals surface area contributed by atoms with E-state index in [4.69, 9.17) is 0 Å². The number of alkyl halides is 6. The summed E-state index contributed by atoms with van der Waals surface area (Å²) in [5.41, 5.74) is -4.49. The Kier molecular flexibility index (Phi) is 2.01. The molecule has 0 unspecified atom stereocenters. The molecule has 0 aromatic carbocycles. The first-order valence-electron chi connectivity index (χ1n) is 3.11. The maximum Gasteiger partial charge on any atom is 0.441 e. The summed E-state index contributed by atoms with van der Waals surface area (Å²) < 4.78 is 72.2. The lowest BCUT2D eigenvalue weighted by Gasteiger charge is -2.30. The van der Waals surface area contributed by atoms with Crippen LogP contribution in [0.5, 0.6) is 0 Å². The quantitative estimate of drug-likeness (QED) is 0.608. The predicted octanol–water partition coefficient (Wildman–Crippen LogP) is 1.01. The maximum absolute atomic E-state index is 12.0. The Morgan fingerprint density at radius 2 is 1.57 bits per heavy atom. The van der Waals surface area contributed by atoms with Crippen molar-refractivity contribution in [2.75, 3.05) is 0 Å². The van der Waals surface area contributed by atoms with Crippen molar-refractivity contribution in [3.8, 4) is 0 Å². The van der Waals surface area contributed by atoms with Crippen LogP contribution in [0.15, 0.2) is 4.99 Å². The lowest BCUT2D eigenvalue weighted by Crippen LogP contribution is -2.63. The molecule has 3 nitrogen and oxygen atoms in total. The fourth-order valence-electron chi connectivity index (χ4n) is 0.847. The van der Waals surface area contributed by atoms with E-state index in [2.05, 4.69) is 4.99 Å². The number of halogens is 6. The largest absolute Gasteiger partial charge is 0.441 e. The van der Waals surface area contributed by atoms with Gasteiger partial charge in [0, 0.05) is 0 Å². The number of carbonyl (C=O) groups is 1. The molecule has 9 heteroatoms. The van der Waals surface area contributed by atoms with Crippen molar-refractivity contribution in [1.29, 1.82) is 0 Å². The lowest BCUT2D eigenvalue weighted by molar-refractivity contribution is -0.300. The smallest absolute Gasteiger partial charge is 0.312 e. The second-order valence-electron chi connectivity index (χ2n) is 2.45. The highest BCUT2D eigenvalue weighted by Gasteiger charge is 2.73. The van der Waals surface area contributed by atoms with Gasteiger partial charge in [-0.2, -0.15) is 26.3 Å². The molecule has 1 rings (SSSR count). The van der Waals surface area contributed by atoms with Gasteiger partial charge in [-0.05, 0) is 0 Å². The van der Waals surface area contributed by atoms with Gasteiger partial charge >= 0.3 is 18.0 Å². The number of nitrogens with zero attached hydrogens (tertiary/aromatic N) is 1. The number of aliphatic imine (C=N–C) groups is 1. The van der Waals surface area contributed by atoms with E-state index >= 15 is 0 Å². The zero-order chi connectivity index (χ0) is 11.2. The maximum atomic E-state index is 12.0. The molecule has 1 aliphatic rings. The molecular weight excluding hydrogens is 218 g/mol. The van der Waals surface area contributed by atoms with Crippen molar-refractivity contribution in [2.45, 2.75) is 18.0 Å². The Hall–Kier alpha value is -1.28. The van der Waals surface area contributed by atoms with Crippen molar-refractivity contribution in [3.05, 3.63) is 0 Å². The summed E-state index contributed by atoms with van der Waals surface area (Å²) in [7, 11) is 0. The van der Waals surface area contributed by atoms with Crippen LogP contribution in [0.2, 0.25) is 0 Å². The fourth-order valence-corrected chi connectivity index (χ4v) is 0.847. The van der Waals surface area contributed by atoms with Crippen LogP contribution >= 0.6 is 0 Å². The molecule has 0 bridgehead atoms. The van der Waals surface area contributed by atoms with E-state index < -0.39 is 23.9 Å². The minimum atomic E-state index is -5.71. The highest BCUT2D eigenvalue weighted by atomic mass is 19.4. The number of rotatable bonds is 0. The van der Waals surface area contributed by atoms with Gasteiger partial charge < -0.3 is 5.32 Å². The average molecular weight is 220 g/mol. The van der Waals surface area contributed by atoms with E-state index in [9.17, 15) is 31.1 Å². The Morgan fingerprint density at radius 1 is 1.14 bits per heavy atom. The first kappa shape index (κ1) is 10.8.